The van der Waals surface area contributed by atoms with Gasteiger partial charge in [0.25, 0.3) is 5.91 Å². The number of ether oxygens (including phenoxy) is 1. The second-order valence-electron chi connectivity index (χ2n) is 7.61. The van der Waals surface area contributed by atoms with Gasteiger partial charge in [-0.15, -0.1) is 0 Å². The van der Waals surface area contributed by atoms with E-state index >= 15 is 0 Å². The summed E-state index contributed by atoms with van der Waals surface area (Å²) in [5.41, 5.74) is 2.80. The van der Waals surface area contributed by atoms with E-state index in [1.165, 1.54) is 28.9 Å². The highest BCUT2D eigenvalue weighted by Crippen LogP contribution is 2.32. The normalized spacial score (nSPS) is 16.2. The minimum atomic E-state index is -0.553. The number of hydrogen-bond donors (Lipinski definition) is 1. The molecule has 172 valence electrons. The molecule has 35 heavy (non-hydrogen) atoms. The van der Waals surface area contributed by atoms with Gasteiger partial charge in [-0.2, -0.15) is 15.1 Å². The summed E-state index contributed by atoms with van der Waals surface area (Å²) in [5, 5.41) is 15.4. The summed E-state index contributed by atoms with van der Waals surface area (Å²) in [6.07, 6.45) is 4.81. The van der Waals surface area contributed by atoms with Crippen LogP contribution in [0.4, 0.5) is 0 Å². The van der Waals surface area contributed by atoms with E-state index in [2.05, 4.69) is 15.1 Å². The molecule has 0 bridgehead atoms. The molecule has 1 aromatic heterocycles. The van der Waals surface area contributed by atoms with Crippen molar-refractivity contribution in [1.82, 2.24) is 9.99 Å². The van der Waals surface area contributed by atoms with E-state index in [1.54, 1.807) is 42.7 Å². The van der Waals surface area contributed by atoms with Gasteiger partial charge in [-0.3, -0.25) is 15.2 Å². The lowest BCUT2D eigenvalue weighted by molar-refractivity contribution is -0.114. The van der Waals surface area contributed by atoms with Crippen molar-refractivity contribution in [2.75, 3.05) is 0 Å². The van der Waals surface area contributed by atoms with Crippen LogP contribution in [0, 0.1) is 12.3 Å². The first-order valence-corrected chi connectivity index (χ1v) is 11.6. The Labute approximate surface area is 209 Å². The summed E-state index contributed by atoms with van der Waals surface area (Å²) in [6.45, 7) is 1.93. The maximum Gasteiger partial charge on any atom is 0.343 e. The lowest BCUT2D eigenvalue weighted by Crippen LogP contribution is -2.35. The Morgan fingerprint density at radius 1 is 1.17 bits per heavy atom. The Bertz CT molecular complexity index is 1470. The summed E-state index contributed by atoms with van der Waals surface area (Å²) in [6, 6.07) is 15.3. The van der Waals surface area contributed by atoms with E-state index in [4.69, 9.17) is 21.7 Å². The number of halogens is 1. The average molecular weight is 502 g/mol. The molecule has 5 rings (SSSR count). The second kappa shape index (κ2) is 9.28. The van der Waals surface area contributed by atoms with Crippen molar-refractivity contribution < 1.29 is 14.3 Å². The molecule has 2 aliphatic heterocycles. The van der Waals surface area contributed by atoms with Crippen LogP contribution in [0.3, 0.4) is 0 Å². The number of hydrogen-bond acceptors (Lipinski definition) is 7. The van der Waals surface area contributed by atoms with Crippen LogP contribution < -0.4 is 4.74 Å². The van der Waals surface area contributed by atoms with E-state index < -0.39 is 11.9 Å². The van der Waals surface area contributed by atoms with Gasteiger partial charge in [-0.1, -0.05) is 35.4 Å². The maximum absolute atomic E-state index is 12.7. The first-order valence-electron chi connectivity index (χ1n) is 10.4. The fourth-order valence-corrected chi connectivity index (χ4v) is 4.41. The molecule has 0 aliphatic carbocycles. The monoisotopic (exact) mass is 501 g/mol. The highest BCUT2D eigenvalue weighted by molar-refractivity contribution is 8.27. The average Bonchev–Trinajstić information content (AvgIpc) is 3.28. The second-order valence-corrected chi connectivity index (χ2v) is 8.98. The zero-order valence-electron chi connectivity index (χ0n) is 18.2. The number of benzene rings is 2. The summed E-state index contributed by atoms with van der Waals surface area (Å²) < 4.78 is 5.41. The lowest BCUT2D eigenvalue weighted by atomic mass is 10.1. The summed E-state index contributed by atoms with van der Waals surface area (Å²) >= 11 is 7.54. The third-order valence-electron chi connectivity index (χ3n) is 5.12. The fourth-order valence-electron chi connectivity index (χ4n) is 3.30. The summed E-state index contributed by atoms with van der Waals surface area (Å²) in [4.78, 5) is 33.2. The van der Waals surface area contributed by atoms with Gasteiger partial charge in [0.15, 0.2) is 5.84 Å². The van der Waals surface area contributed by atoms with Gasteiger partial charge in [0.05, 0.1) is 16.2 Å². The molecule has 0 saturated carbocycles. The molecule has 1 amide bonds. The molecular formula is C25H16ClN5O3S. The van der Waals surface area contributed by atoms with Gasteiger partial charge in [0.2, 0.25) is 5.17 Å². The topological polar surface area (TPSA) is 108 Å². The van der Waals surface area contributed by atoms with Gasteiger partial charge < -0.3 is 4.74 Å². The first kappa shape index (κ1) is 22.7. The molecule has 0 radical (unpaired) electrons. The van der Waals surface area contributed by atoms with Gasteiger partial charge in [-0.05, 0) is 66.7 Å². The number of esters is 1. The number of nitrogens with one attached hydrogen (secondary N) is 1. The van der Waals surface area contributed by atoms with Crippen molar-refractivity contribution in [3.8, 4) is 5.75 Å². The molecule has 0 atom stereocenters. The zero-order chi connectivity index (χ0) is 24.5. The zero-order valence-corrected chi connectivity index (χ0v) is 19.8. The predicted molar refractivity (Wildman–Crippen MR) is 136 cm³/mol. The van der Waals surface area contributed by atoms with Gasteiger partial charge in [0.1, 0.15) is 10.8 Å². The van der Waals surface area contributed by atoms with Gasteiger partial charge in [-0.25, -0.2) is 4.79 Å². The molecule has 10 heteroatoms. The summed E-state index contributed by atoms with van der Waals surface area (Å²) in [5.74, 6) is -0.996. The van der Waals surface area contributed by atoms with Crippen LogP contribution >= 0.6 is 23.4 Å². The maximum atomic E-state index is 12.7. The number of rotatable bonds is 4. The SMILES string of the molecule is Cc1ccc(C(=O)Oc2ccc(/C=C3/C(=N)N4N=C(c5cccnc5)SC4=NC3=O)cc2Cl)cc1. The minimum Gasteiger partial charge on any atom is -0.421 e. The van der Waals surface area contributed by atoms with Crippen molar-refractivity contribution in [3.05, 3.63) is 99.8 Å². The van der Waals surface area contributed by atoms with Crippen LogP contribution in [0.2, 0.25) is 5.02 Å². The van der Waals surface area contributed by atoms with Crippen LogP contribution in [0.15, 0.2) is 82.7 Å². The number of aromatic nitrogens is 1. The molecule has 3 heterocycles. The molecular weight excluding hydrogens is 486 g/mol. The Balaban J connectivity index is 1.37. The number of amidine groups is 2. The van der Waals surface area contributed by atoms with E-state index in [1.807, 2.05) is 25.1 Å². The Hall–Kier alpha value is -4.08. The molecule has 0 fully saturated rings. The molecule has 0 unspecified atom stereocenters. The Morgan fingerprint density at radius 2 is 1.97 bits per heavy atom. The van der Waals surface area contributed by atoms with Gasteiger partial charge in [0, 0.05) is 18.0 Å². The van der Waals surface area contributed by atoms with E-state index in [-0.39, 0.29) is 22.2 Å². The van der Waals surface area contributed by atoms with E-state index in [9.17, 15) is 9.59 Å². The number of thioether (sulfide) groups is 1. The van der Waals surface area contributed by atoms with Gasteiger partial charge >= 0.3 is 5.97 Å². The van der Waals surface area contributed by atoms with Crippen molar-refractivity contribution in [3.63, 3.8) is 0 Å². The van der Waals surface area contributed by atoms with E-state index in [0.29, 0.717) is 21.3 Å². The van der Waals surface area contributed by atoms with Crippen LogP contribution in [0.25, 0.3) is 6.08 Å². The Kier molecular flexibility index (Phi) is 6.02. The standard InChI is InChI=1S/C25H16ClN5O3S/c1-14-4-7-16(8-5-14)24(33)34-20-9-6-15(12-19(20)26)11-18-21(27)31-25(29-22(18)32)35-23(30-31)17-3-2-10-28-13-17/h2-13,27H,1H3/b18-11-,27-21?. The number of amides is 1. The van der Waals surface area contributed by atoms with Crippen molar-refractivity contribution in [2.24, 2.45) is 10.1 Å². The number of pyridine rings is 1. The third kappa shape index (κ3) is 4.64. The van der Waals surface area contributed by atoms with Crippen molar-refractivity contribution >= 4 is 57.4 Å². The molecule has 0 saturated heterocycles. The van der Waals surface area contributed by atoms with Crippen LogP contribution in [-0.2, 0) is 4.79 Å². The number of aliphatic imine (C=N–C) groups is 1. The highest BCUT2D eigenvalue weighted by Gasteiger charge is 2.36. The van der Waals surface area contributed by atoms with Crippen molar-refractivity contribution in [2.45, 2.75) is 6.92 Å². The number of carbonyl (C=O) groups is 2. The summed E-state index contributed by atoms with van der Waals surface area (Å²) in [7, 11) is 0. The Morgan fingerprint density at radius 3 is 2.69 bits per heavy atom. The third-order valence-corrected chi connectivity index (χ3v) is 6.37. The molecule has 0 spiro atoms. The smallest absolute Gasteiger partial charge is 0.343 e. The quantitative estimate of drug-likeness (QED) is 0.308. The molecule has 8 nitrogen and oxygen atoms in total. The number of fused-ring (bicyclic) bond motifs is 1. The highest BCUT2D eigenvalue weighted by atomic mass is 35.5. The first-order chi connectivity index (χ1) is 16.9. The fraction of sp³-hybridized carbons (Fsp3) is 0.0400. The van der Waals surface area contributed by atoms with Crippen LogP contribution in [0.1, 0.15) is 27.0 Å². The largest absolute Gasteiger partial charge is 0.421 e. The van der Waals surface area contributed by atoms with E-state index in [0.717, 1.165) is 11.1 Å². The molecule has 2 aliphatic rings. The minimum absolute atomic E-state index is 0.0611. The molecule has 1 N–H and O–H groups in total. The molecule has 2 aromatic carbocycles. The van der Waals surface area contributed by atoms with Crippen LogP contribution in [-0.4, -0.2) is 37.9 Å². The number of hydrazone groups is 1. The van der Waals surface area contributed by atoms with Crippen LogP contribution in [0.5, 0.6) is 5.75 Å². The lowest BCUT2D eigenvalue weighted by Gasteiger charge is -2.20. The number of nitrogens with zero attached hydrogens (tertiary/aromatic N) is 4. The predicted octanol–water partition coefficient (Wildman–Crippen LogP) is 4.93. The molecule has 3 aromatic rings. The van der Waals surface area contributed by atoms with Crippen molar-refractivity contribution in [1.29, 1.82) is 5.41 Å². The number of carbonyl (C=O) groups excluding carboxylic acids is 2. The number of aryl methyl sites for hydroxylation is 1.